The van der Waals surface area contributed by atoms with Gasteiger partial charge in [0.15, 0.2) is 0 Å². The summed E-state index contributed by atoms with van der Waals surface area (Å²) in [7, 11) is 0. The van der Waals surface area contributed by atoms with Crippen LogP contribution in [0.2, 0.25) is 0 Å². The third kappa shape index (κ3) is 5.05. The average molecular weight is 330 g/mol. The minimum absolute atomic E-state index is 0.00107. The Morgan fingerprint density at radius 3 is 2.71 bits per heavy atom. The van der Waals surface area contributed by atoms with Gasteiger partial charge in [-0.1, -0.05) is 0 Å². The first-order chi connectivity index (χ1) is 11.5. The number of anilines is 2. The van der Waals surface area contributed by atoms with Gasteiger partial charge in [0.25, 0.3) is 0 Å². The van der Waals surface area contributed by atoms with Gasteiger partial charge in [0.05, 0.1) is 5.69 Å². The highest BCUT2D eigenvalue weighted by atomic mass is 19.1. The molecule has 0 unspecified atom stereocenters. The maximum atomic E-state index is 13.7. The van der Waals surface area contributed by atoms with Crippen LogP contribution in [0, 0.1) is 12.7 Å². The van der Waals surface area contributed by atoms with Gasteiger partial charge in [-0.25, -0.2) is 9.18 Å². The molecule has 3 amide bonds. The maximum Gasteiger partial charge on any atom is 0.319 e. The van der Waals surface area contributed by atoms with Crippen molar-refractivity contribution in [2.75, 3.05) is 17.2 Å². The van der Waals surface area contributed by atoms with E-state index in [1.165, 1.54) is 25.1 Å². The SMILES string of the molecule is CC(=O)Nc1ccc(F)c(NC(=O)NCCc2ccncc2C)c1. The van der Waals surface area contributed by atoms with E-state index in [2.05, 4.69) is 20.9 Å². The van der Waals surface area contributed by atoms with E-state index in [4.69, 9.17) is 0 Å². The lowest BCUT2D eigenvalue weighted by atomic mass is 10.1. The van der Waals surface area contributed by atoms with Crippen molar-refractivity contribution in [1.82, 2.24) is 10.3 Å². The number of pyridine rings is 1. The fraction of sp³-hybridized carbons (Fsp3) is 0.235. The van der Waals surface area contributed by atoms with E-state index in [1.54, 1.807) is 12.4 Å². The zero-order valence-corrected chi connectivity index (χ0v) is 13.5. The molecule has 1 heterocycles. The minimum atomic E-state index is -0.579. The van der Waals surface area contributed by atoms with Gasteiger partial charge >= 0.3 is 6.03 Å². The van der Waals surface area contributed by atoms with Crippen LogP contribution < -0.4 is 16.0 Å². The normalized spacial score (nSPS) is 10.1. The molecule has 24 heavy (non-hydrogen) atoms. The number of nitrogens with one attached hydrogen (secondary N) is 3. The van der Waals surface area contributed by atoms with Gasteiger partial charge < -0.3 is 16.0 Å². The van der Waals surface area contributed by atoms with Gasteiger partial charge in [-0.2, -0.15) is 0 Å². The van der Waals surface area contributed by atoms with Crippen LogP contribution in [0.5, 0.6) is 0 Å². The molecule has 6 nitrogen and oxygen atoms in total. The Bertz CT molecular complexity index is 749. The summed E-state index contributed by atoms with van der Waals surface area (Å²) in [5.74, 6) is -0.853. The first kappa shape index (κ1) is 17.4. The first-order valence-electron chi connectivity index (χ1n) is 7.47. The Morgan fingerprint density at radius 1 is 1.21 bits per heavy atom. The number of aryl methyl sites for hydroxylation is 1. The van der Waals surface area contributed by atoms with Gasteiger partial charge in [0, 0.05) is 31.5 Å². The quantitative estimate of drug-likeness (QED) is 0.788. The van der Waals surface area contributed by atoms with Crippen molar-refractivity contribution in [3.63, 3.8) is 0 Å². The van der Waals surface area contributed by atoms with Crippen molar-refractivity contribution < 1.29 is 14.0 Å². The Kier molecular flexibility index (Phi) is 5.83. The monoisotopic (exact) mass is 330 g/mol. The van der Waals surface area contributed by atoms with Crippen molar-refractivity contribution in [3.8, 4) is 0 Å². The number of nitrogens with zero attached hydrogens (tertiary/aromatic N) is 1. The zero-order chi connectivity index (χ0) is 17.5. The second-order valence-electron chi connectivity index (χ2n) is 5.31. The molecule has 0 aliphatic rings. The highest BCUT2D eigenvalue weighted by molar-refractivity contribution is 5.92. The molecule has 0 saturated carbocycles. The summed E-state index contributed by atoms with van der Waals surface area (Å²) in [5, 5.41) is 7.64. The Morgan fingerprint density at radius 2 is 2.00 bits per heavy atom. The molecule has 0 radical (unpaired) electrons. The number of hydrogen-bond acceptors (Lipinski definition) is 3. The number of halogens is 1. The summed E-state index contributed by atoms with van der Waals surface area (Å²) in [5.41, 5.74) is 2.54. The van der Waals surface area contributed by atoms with E-state index in [0.717, 1.165) is 11.1 Å². The van der Waals surface area contributed by atoms with Crippen molar-refractivity contribution in [2.24, 2.45) is 0 Å². The highest BCUT2D eigenvalue weighted by Crippen LogP contribution is 2.19. The molecule has 2 rings (SSSR count). The minimum Gasteiger partial charge on any atom is -0.338 e. The Balaban J connectivity index is 1.90. The Labute approximate surface area is 139 Å². The van der Waals surface area contributed by atoms with Crippen LogP contribution in [0.4, 0.5) is 20.6 Å². The number of amides is 3. The van der Waals surface area contributed by atoms with Crippen LogP contribution >= 0.6 is 0 Å². The molecule has 2 aromatic rings. The summed E-state index contributed by atoms with van der Waals surface area (Å²) in [6.45, 7) is 3.71. The fourth-order valence-corrected chi connectivity index (χ4v) is 2.16. The fourth-order valence-electron chi connectivity index (χ4n) is 2.16. The molecule has 3 N–H and O–H groups in total. The molecule has 0 saturated heterocycles. The predicted molar refractivity (Wildman–Crippen MR) is 90.4 cm³/mol. The number of urea groups is 1. The summed E-state index contributed by atoms with van der Waals surface area (Å²) < 4.78 is 13.7. The van der Waals surface area contributed by atoms with Gasteiger partial charge in [-0.15, -0.1) is 0 Å². The number of carbonyl (C=O) groups excluding carboxylic acids is 2. The molecule has 0 bridgehead atoms. The zero-order valence-electron chi connectivity index (χ0n) is 13.5. The molecule has 126 valence electrons. The summed E-state index contributed by atoms with van der Waals surface area (Å²) in [4.78, 5) is 26.9. The molecule has 1 aromatic carbocycles. The summed E-state index contributed by atoms with van der Waals surface area (Å²) >= 11 is 0. The topological polar surface area (TPSA) is 83.1 Å². The van der Waals surface area contributed by atoms with E-state index in [0.29, 0.717) is 18.7 Å². The van der Waals surface area contributed by atoms with Crippen LogP contribution in [0.3, 0.4) is 0 Å². The Hall–Kier alpha value is -2.96. The predicted octanol–water partition coefficient (Wildman–Crippen LogP) is 2.85. The maximum absolute atomic E-state index is 13.7. The van der Waals surface area contributed by atoms with Crippen LogP contribution in [0.1, 0.15) is 18.1 Å². The van der Waals surface area contributed by atoms with E-state index in [-0.39, 0.29) is 11.6 Å². The molecule has 0 spiro atoms. The molecule has 0 fully saturated rings. The third-order valence-electron chi connectivity index (χ3n) is 3.35. The van der Waals surface area contributed by atoms with Crippen LogP contribution in [-0.2, 0) is 11.2 Å². The molecular formula is C17H19FN4O2. The molecule has 0 atom stereocenters. The van der Waals surface area contributed by atoms with Gasteiger partial charge in [0.2, 0.25) is 5.91 Å². The number of benzene rings is 1. The van der Waals surface area contributed by atoms with E-state index in [1.807, 2.05) is 13.0 Å². The molecule has 0 aliphatic carbocycles. The van der Waals surface area contributed by atoms with Gasteiger partial charge in [-0.05, 0) is 48.7 Å². The van der Waals surface area contributed by atoms with Crippen molar-refractivity contribution >= 4 is 23.3 Å². The number of hydrogen-bond donors (Lipinski definition) is 3. The standard InChI is InChI=1S/C17H19FN4O2/c1-11-10-19-7-5-13(11)6-8-20-17(24)22-16-9-14(21-12(2)23)3-4-15(16)18/h3-5,7,9-10H,6,8H2,1-2H3,(H,21,23)(H2,20,22,24). The molecule has 0 aliphatic heterocycles. The largest absolute Gasteiger partial charge is 0.338 e. The van der Waals surface area contributed by atoms with Crippen molar-refractivity contribution in [2.45, 2.75) is 20.3 Å². The third-order valence-corrected chi connectivity index (χ3v) is 3.35. The van der Waals surface area contributed by atoms with Crippen molar-refractivity contribution in [1.29, 1.82) is 0 Å². The smallest absolute Gasteiger partial charge is 0.319 e. The van der Waals surface area contributed by atoms with Crippen LogP contribution in [-0.4, -0.2) is 23.5 Å². The van der Waals surface area contributed by atoms with Crippen molar-refractivity contribution in [3.05, 3.63) is 53.6 Å². The molecule has 7 heteroatoms. The van der Waals surface area contributed by atoms with E-state index >= 15 is 0 Å². The van der Waals surface area contributed by atoms with E-state index < -0.39 is 11.8 Å². The van der Waals surface area contributed by atoms with Gasteiger partial charge in [0.1, 0.15) is 5.82 Å². The van der Waals surface area contributed by atoms with Crippen LogP contribution in [0.25, 0.3) is 0 Å². The van der Waals surface area contributed by atoms with Crippen LogP contribution in [0.15, 0.2) is 36.7 Å². The lowest BCUT2D eigenvalue weighted by molar-refractivity contribution is -0.114. The number of rotatable bonds is 5. The van der Waals surface area contributed by atoms with E-state index in [9.17, 15) is 14.0 Å². The highest BCUT2D eigenvalue weighted by Gasteiger charge is 2.08. The number of aromatic nitrogens is 1. The average Bonchev–Trinajstić information content (AvgIpc) is 2.52. The molecular weight excluding hydrogens is 311 g/mol. The number of carbonyl (C=O) groups is 2. The first-order valence-corrected chi connectivity index (χ1v) is 7.47. The summed E-state index contributed by atoms with van der Waals surface area (Å²) in [6.07, 6.45) is 4.11. The summed E-state index contributed by atoms with van der Waals surface area (Å²) in [6, 6.07) is 5.35. The second-order valence-corrected chi connectivity index (χ2v) is 5.31. The lowest BCUT2D eigenvalue weighted by Gasteiger charge is -2.11. The molecule has 1 aromatic heterocycles. The second kappa shape index (κ2) is 8.05. The van der Waals surface area contributed by atoms with Gasteiger partial charge in [-0.3, -0.25) is 9.78 Å². The lowest BCUT2D eigenvalue weighted by Crippen LogP contribution is -2.31.